The molecule has 2 N–H and O–H groups in total. The Balaban J connectivity index is 2.68. The Bertz CT molecular complexity index is 386. The minimum Gasteiger partial charge on any atom is -0.364 e. The quantitative estimate of drug-likeness (QED) is 0.812. The lowest BCUT2D eigenvalue weighted by Crippen LogP contribution is -2.31. The first-order valence-corrected chi connectivity index (χ1v) is 6.38. The van der Waals surface area contributed by atoms with Gasteiger partial charge < -0.3 is 10.6 Å². The molecule has 0 spiro atoms. The van der Waals surface area contributed by atoms with Gasteiger partial charge in [-0.3, -0.25) is 4.79 Å². The van der Waals surface area contributed by atoms with Crippen molar-refractivity contribution in [3.8, 4) is 0 Å². The van der Waals surface area contributed by atoms with Gasteiger partial charge in [0.25, 0.3) is 5.91 Å². The van der Waals surface area contributed by atoms with Crippen molar-refractivity contribution in [2.75, 3.05) is 11.9 Å². The van der Waals surface area contributed by atoms with Gasteiger partial charge >= 0.3 is 0 Å². The maximum Gasteiger partial charge on any atom is 0.271 e. The molecule has 5 heteroatoms. The molecule has 1 aromatic rings. The van der Waals surface area contributed by atoms with Crippen molar-refractivity contribution >= 4 is 11.7 Å². The van der Waals surface area contributed by atoms with Crippen LogP contribution in [0.25, 0.3) is 0 Å². The molecule has 5 nitrogen and oxygen atoms in total. The van der Waals surface area contributed by atoms with Crippen LogP contribution in [0.1, 0.15) is 51.0 Å². The van der Waals surface area contributed by atoms with Crippen LogP contribution in [0.5, 0.6) is 0 Å². The lowest BCUT2D eigenvalue weighted by atomic mass is 9.99. The van der Waals surface area contributed by atoms with Crippen molar-refractivity contribution in [3.63, 3.8) is 0 Å². The molecule has 0 unspecified atom stereocenters. The molecule has 0 fully saturated rings. The summed E-state index contributed by atoms with van der Waals surface area (Å²) in [6.45, 7) is 8.84. The average Bonchev–Trinajstić information content (AvgIpc) is 2.29. The Morgan fingerprint density at radius 1 is 1.28 bits per heavy atom. The number of carbonyl (C=O) groups is 1. The summed E-state index contributed by atoms with van der Waals surface area (Å²) >= 11 is 0. The zero-order valence-corrected chi connectivity index (χ0v) is 11.6. The Morgan fingerprint density at radius 3 is 2.50 bits per heavy atom. The summed E-state index contributed by atoms with van der Waals surface area (Å²) in [7, 11) is 0. The molecule has 0 saturated carbocycles. The molecule has 0 aromatic carbocycles. The van der Waals surface area contributed by atoms with Crippen molar-refractivity contribution in [2.45, 2.75) is 46.1 Å². The van der Waals surface area contributed by atoms with Crippen LogP contribution in [-0.2, 0) is 0 Å². The fraction of sp³-hybridized carbons (Fsp3) is 0.615. The summed E-state index contributed by atoms with van der Waals surface area (Å²) in [5, 5.41) is 13.9. The number of aromatic nitrogens is 2. The third-order valence-corrected chi connectivity index (χ3v) is 2.58. The van der Waals surface area contributed by atoms with Gasteiger partial charge in [0.15, 0.2) is 5.69 Å². The molecule has 0 radical (unpaired) electrons. The van der Waals surface area contributed by atoms with Crippen LogP contribution in [0.3, 0.4) is 0 Å². The first-order valence-electron chi connectivity index (χ1n) is 6.38. The normalized spacial score (nSPS) is 11.1. The molecular formula is C13H22N4O. The second kappa shape index (κ2) is 6.33. The molecule has 0 saturated heterocycles. The van der Waals surface area contributed by atoms with E-state index in [1.54, 1.807) is 12.1 Å². The molecule has 1 heterocycles. The Kier molecular flexibility index (Phi) is 5.07. The lowest BCUT2D eigenvalue weighted by Gasteiger charge is -2.26. The van der Waals surface area contributed by atoms with E-state index >= 15 is 0 Å². The first-order chi connectivity index (χ1) is 8.48. The van der Waals surface area contributed by atoms with Crippen LogP contribution in [0, 0.1) is 0 Å². The zero-order chi connectivity index (χ0) is 13.6. The highest BCUT2D eigenvalue weighted by Gasteiger charge is 2.17. The highest BCUT2D eigenvalue weighted by molar-refractivity contribution is 5.92. The summed E-state index contributed by atoms with van der Waals surface area (Å²) in [5.41, 5.74) is 0.326. The number of hydrogen-bond donors (Lipinski definition) is 2. The minimum absolute atomic E-state index is 0.0172. The fourth-order valence-electron chi connectivity index (χ4n) is 1.81. The van der Waals surface area contributed by atoms with Gasteiger partial charge in [-0.05, 0) is 39.3 Å². The molecule has 0 aliphatic heterocycles. The number of anilines is 1. The highest BCUT2D eigenvalue weighted by Crippen LogP contribution is 2.17. The van der Waals surface area contributed by atoms with Gasteiger partial charge in [0, 0.05) is 12.1 Å². The number of hydrogen-bond acceptors (Lipinski definition) is 4. The second-order valence-corrected chi connectivity index (χ2v) is 4.92. The topological polar surface area (TPSA) is 66.9 Å². The predicted molar refractivity (Wildman–Crippen MR) is 72.6 cm³/mol. The Labute approximate surface area is 108 Å². The van der Waals surface area contributed by atoms with E-state index in [1.807, 2.05) is 6.92 Å². The van der Waals surface area contributed by atoms with Crippen molar-refractivity contribution < 1.29 is 4.79 Å². The smallest absolute Gasteiger partial charge is 0.271 e. The van der Waals surface area contributed by atoms with Crippen molar-refractivity contribution in [1.82, 2.24) is 15.5 Å². The summed E-state index contributed by atoms with van der Waals surface area (Å²) in [6.07, 6.45) is 2.15. The number of nitrogens with one attached hydrogen (secondary N) is 2. The molecule has 1 amide bonds. The van der Waals surface area contributed by atoms with E-state index in [1.165, 1.54) is 0 Å². The fourth-order valence-corrected chi connectivity index (χ4v) is 1.81. The predicted octanol–water partition coefficient (Wildman–Crippen LogP) is 2.22. The monoisotopic (exact) mass is 250 g/mol. The van der Waals surface area contributed by atoms with Crippen LogP contribution in [0.15, 0.2) is 12.1 Å². The van der Waals surface area contributed by atoms with Gasteiger partial charge in [-0.15, -0.1) is 10.2 Å². The second-order valence-electron chi connectivity index (χ2n) is 4.92. The number of amides is 1. The van der Waals surface area contributed by atoms with E-state index in [2.05, 4.69) is 41.6 Å². The van der Waals surface area contributed by atoms with Crippen LogP contribution in [0.2, 0.25) is 0 Å². The molecule has 1 aromatic heterocycles. The van der Waals surface area contributed by atoms with Crippen LogP contribution < -0.4 is 10.6 Å². The highest BCUT2D eigenvalue weighted by atomic mass is 16.1. The lowest BCUT2D eigenvalue weighted by molar-refractivity contribution is 0.0950. The van der Waals surface area contributed by atoms with Crippen molar-refractivity contribution in [1.29, 1.82) is 0 Å². The van der Waals surface area contributed by atoms with Gasteiger partial charge in [0.2, 0.25) is 0 Å². The van der Waals surface area contributed by atoms with Gasteiger partial charge in [-0.25, -0.2) is 0 Å². The molecule has 100 valence electrons. The largest absolute Gasteiger partial charge is 0.364 e. The molecule has 0 aliphatic rings. The van der Waals surface area contributed by atoms with E-state index in [4.69, 9.17) is 0 Å². The number of rotatable bonds is 6. The summed E-state index contributed by atoms with van der Waals surface area (Å²) in [5.74, 6) is 0.505. The van der Waals surface area contributed by atoms with Crippen molar-refractivity contribution in [2.24, 2.45) is 0 Å². The molecular weight excluding hydrogens is 228 g/mol. The minimum atomic E-state index is -0.190. The summed E-state index contributed by atoms with van der Waals surface area (Å²) in [4.78, 5) is 11.5. The molecule has 1 rings (SSSR count). The average molecular weight is 250 g/mol. The van der Waals surface area contributed by atoms with Gasteiger partial charge in [0.05, 0.1) is 0 Å². The standard InChI is InChI=1S/C13H22N4O/c1-5-9-13(3,4)15-11-8-7-10(16-17-11)12(18)14-6-2/h7-8H,5-6,9H2,1-4H3,(H,14,18)(H,15,17). The first kappa shape index (κ1) is 14.4. The summed E-state index contributed by atoms with van der Waals surface area (Å²) < 4.78 is 0. The van der Waals surface area contributed by atoms with Gasteiger partial charge in [-0.1, -0.05) is 13.3 Å². The van der Waals surface area contributed by atoms with Gasteiger partial charge in [-0.2, -0.15) is 0 Å². The van der Waals surface area contributed by atoms with E-state index in [-0.39, 0.29) is 11.4 Å². The Morgan fingerprint density at radius 2 is 2.00 bits per heavy atom. The number of nitrogens with zero attached hydrogens (tertiary/aromatic N) is 2. The van der Waals surface area contributed by atoms with E-state index in [0.717, 1.165) is 12.8 Å². The maximum atomic E-state index is 11.5. The van der Waals surface area contributed by atoms with Crippen LogP contribution >= 0.6 is 0 Å². The zero-order valence-electron chi connectivity index (χ0n) is 11.6. The SMILES string of the molecule is CCCC(C)(C)Nc1ccc(C(=O)NCC)nn1. The van der Waals surface area contributed by atoms with Crippen molar-refractivity contribution in [3.05, 3.63) is 17.8 Å². The third-order valence-electron chi connectivity index (χ3n) is 2.58. The van der Waals surface area contributed by atoms with Gasteiger partial charge in [0.1, 0.15) is 5.82 Å². The van der Waals surface area contributed by atoms with Crippen LogP contribution in [-0.4, -0.2) is 28.2 Å². The molecule has 0 atom stereocenters. The number of carbonyl (C=O) groups excluding carboxylic acids is 1. The summed E-state index contributed by atoms with van der Waals surface area (Å²) in [6, 6.07) is 3.47. The van der Waals surface area contributed by atoms with E-state index in [0.29, 0.717) is 18.1 Å². The third kappa shape index (κ3) is 4.31. The molecule has 18 heavy (non-hydrogen) atoms. The molecule has 0 bridgehead atoms. The van der Waals surface area contributed by atoms with E-state index in [9.17, 15) is 4.79 Å². The van der Waals surface area contributed by atoms with Crippen LogP contribution in [0.4, 0.5) is 5.82 Å². The van der Waals surface area contributed by atoms with E-state index < -0.39 is 0 Å². The maximum absolute atomic E-state index is 11.5. The Hall–Kier alpha value is -1.65. The molecule has 0 aliphatic carbocycles.